The molecule has 1 fully saturated rings. The number of ether oxygens (including phenoxy) is 2. The van der Waals surface area contributed by atoms with Crippen molar-refractivity contribution >= 4 is 17.3 Å². The van der Waals surface area contributed by atoms with Gasteiger partial charge in [-0.05, 0) is 91.7 Å². The van der Waals surface area contributed by atoms with Crippen LogP contribution in [0.15, 0.2) is 65.8 Å². The number of rotatable bonds is 7. The van der Waals surface area contributed by atoms with Crippen LogP contribution in [-0.4, -0.2) is 69.2 Å². The minimum absolute atomic E-state index is 0.0847. The molecule has 1 saturated heterocycles. The number of aromatic nitrogens is 4. The first-order valence-electron chi connectivity index (χ1n) is 17.7. The number of hydrogen-bond donors (Lipinski definition) is 1. The topological polar surface area (TPSA) is 100 Å². The third-order valence-corrected chi connectivity index (χ3v) is 11.0. The number of aryl methyl sites for hydroxylation is 3. The lowest BCUT2D eigenvalue weighted by Crippen LogP contribution is -2.36. The van der Waals surface area contributed by atoms with E-state index < -0.39 is 11.4 Å². The van der Waals surface area contributed by atoms with Crippen LogP contribution in [0.5, 0.6) is 5.88 Å². The lowest BCUT2D eigenvalue weighted by atomic mass is 9.75. The zero-order valence-electron chi connectivity index (χ0n) is 29.9. The number of methoxy groups -OCH3 is 1. The quantitative estimate of drug-likeness (QED) is 0.200. The van der Waals surface area contributed by atoms with Gasteiger partial charge < -0.3 is 18.9 Å². The predicted molar refractivity (Wildman–Crippen MR) is 196 cm³/mol. The van der Waals surface area contributed by atoms with Gasteiger partial charge in [0.05, 0.1) is 31.1 Å². The fourth-order valence-electron chi connectivity index (χ4n) is 7.51. The van der Waals surface area contributed by atoms with Crippen molar-refractivity contribution in [2.75, 3.05) is 44.7 Å². The maximum Gasteiger partial charge on any atom is 0.269 e. The van der Waals surface area contributed by atoms with Crippen molar-refractivity contribution in [3.8, 4) is 17.1 Å². The van der Waals surface area contributed by atoms with Gasteiger partial charge in [0, 0.05) is 50.5 Å². The summed E-state index contributed by atoms with van der Waals surface area (Å²) in [5.74, 6) is 1.19. The zero-order valence-corrected chi connectivity index (χ0v) is 30.8. The van der Waals surface area contributed by atoms with E-state index in [0.717, 1.165) is 86.3 Å². The van der Waals surface area contributed by atoms with Crippen LogP contribution >= 0.6 is 0 Å². The molecule has 4 aromatic rings. The number of hydrogen-bond acceptors (Lipinski definition) is 8. The first-order chi connectivity index (χ1) is 23.6. The molecule has 0 radical (unpaired) electrons. The number of benzene rings is 2. The van der Waals surface area contributed by atoms with Crippen molar-refractivity contribution in [1.29, 1.82) is 0 Å². The molecule has 10 heteroatoms. The maximum absolute atomic E-state index is 13.6. The van der Waals surface area contributed by atoms with Crippen molar-refractivity contribution in [2.24, 2.45) is 11.3 Å². The Morgan fingerprint density at radius 2 is 1.78 bits per heavy atom. The largest absolute Gasteiger partial charge is 0.588 e. The van der Waals surface area contributed by atoms with Gasteiger partial charge in [-0.1, -0.05) is 51.1 Å². The first-order valence-corrected chi connectivity index (χ1v) is 18.8. The molecule has 49 heavy (non-hydrogen) atoms. The van der Waals surface area contributed by atoms with E-state index >= 15 is 0 Å². The summed E-state index contributed by atoms with van der Waals surface area (Å²) in [6.07, 6.45) is 9.33. The Morgan fingerprint density at radius 1 is 1.02 bits per heavy atom. The van der Waals surface area contributed by atoms with Gasteiger partial charge in [0.15, 0.2) is 4.90 Å². The van der Waals surface area contributed by atoms with Crippen LogP contribution in [0, 0.1) is 25.2 Å². The van der Waals surface area contributed by atoms with E-state index in [2.05, 4.69) is 91.6 Å². The molecule has 2 aromatic heterocycles. The monoisotopic (exact) mass is 684 g/mol. The minimum Gasteiger partial charge on any atom is -0.588 e. The molecule has 262 valence electrons. The highest BCUT2D eigenvalue weighted by atomic mass is 32.2. The normalized spacial score (nSPS) is 21.1. The van der Waals surface area contributed by atoms with E-state index in [-0.39, 0.29) is 23.2 Å². The summed E-state index contributed by atoms with van der Waals surface area (Å²) in [6.45, 7) is 15.5. The SMILES string of the molecule is COCCN1CCC(n2cc(C3CCc4cccc(c4)[S+]([O-])Nc4nc(cc(-c5c(C)cccc5C)n4)OC[C@H]3CC(C)(C)C)cn2)CC1. The number of nitrogens with one attached hydrogen (secondary N) is 1. The summed E-state index contributed by atoms with van der Waals surface area (Å²) in [7, 11) is 1.77. The van der Waals surface area contributed by atoms with Gasteiger partial charge in [-0.15, -0.1) is 0 Å². The predicted octanol–water partition coefficient (Wildman–Crippen LogP) is 7.54. The molecule has 2 aliphatic rings. The Morgan fingerprint density at radius 3 is 2.51 bits per heavy atom. The first kappa shape index (κ1) is 35.4. The van der Waals surface area contributed by atoms with Crippen LogP contribution in [0.25, 0.3) is 11.3 Å². The third-order valence-electron chi connectivity index (χ3n) is 9.96. The standard InChI is InChI=1S/C39H52N6O3S/c1-27-9-7-10-28(2)37(27)35-22-36-42-38(41-35)43-49(46)33-12-8-11-29(21-33)13-14-34(30(26-48-36)23-39(3,4)5)31-24-40-45(25-31)32-15-17-44(18-16-32)19-20-47-6/h7-12,21-22,24-25,30,32,34H,13-20,23,26H2,1-6H3,(H,41,42,43)/t30-,34?,49?/m1/s1. The number of likely N-dealkylation sites (tertiary alicyclic amines) is 1. The second-order valence-electron chi connectivity index (χ2n) is 15.0. The average Bonchev–Trinajstić information content (AvgIpc) is 3.55. The summed E-state index contributed by atoms with van der Waals surface area (Å²) in [5.41, 5.74) is 6.51. The van der Waals surface area contributed by atoms with Gasteiger partial charge in [-0.2, -0.15) is 14.8 Å². The van der Waals surface area contributed by atoms with E-state index in [1.165, 1.54) is 5.56 Å². The van der Waals surface area contributed by atoms with Crippen LogP contribution < -0.4 is 9.46 Å². The molecule has 2 unspecified atom stereocenters. The highest BCUT2D eigenvalue weighted by molar-refractivity contribution is 7.92. The number of fused-ring (bicyclic) bond motifs is 4. The van der Waals surface area contributed by atoms with Crippen LogP contribution in [0.3, 0.4) is 0 Å². The number of nitrogens with zero attached hydrogens (tertiary/aromatic N) is 5. The van der Waals surface area contributed by atoms with Crippen LogP contribution in [0.4, 0.5) is 5.95 Å². The van der Waals surface area contributed by atoms with Gasteiger partial charge in [-0.25, -0.2) is 4.98 Å². The number of anilines is 1. The molecule has 3 atom stereocenters. The summed E-state index contributed by atoms with van der Waals surface area (Å²) >= 11 is -1.54. The molecule has 2 aromatic carbocycles. The second-order valence-corrected chi connectivity index (χ2v) is 16.2. The summed E-state index contributed by atoms with van der Waals surface area (Å²) in [6, 6.07) is 16.6. The van der Waals surface area contributed by atoms with Gasteiger partial charge in [0.25, 0.3) is 5.95 Å². The Hall–Kier alpha value is -3.44. The van der Waals surface area contributed by atoms with Crippen molar-refractivity contribution in [3.05, 3.63) is 83.2 Å². The molecule has 2 aliphatic heterocycles. The molecular weight excluding hydrogens is 633 g/mol. The van der Waals surface area contributed by atoms with E-state index in [9.17, 15) is 4.55 Å². The lowest BCUT2D eigenvalue weighted by Gasteiger charge is -2.33. The van der Waals surface area contributed by atoms with E-state index in [0.29, 0.717) is 23.4 Å². The fraction of sp³-hybridized carbons (Fsp3) is 0.513. The molecule has 0 spiro atoms. The Bertz CT molecular complexity index is 1680. The van der Waals surface area contributed by atoms with Gasteiger partial charge >= 0.3 is 0 Å². The fourth-order valence-corrected chi connectivity index (χ4v) is 8.35. The van der Waals surface area contributed by atoms with Crippen molar-refractivity contribution in [1.82, 2.24) is 24.6 Å². The molecule has 4 bridgehead atoms. The van der Waals surface area contributed by atoms with Gasteiger partial charge in [0.1, 0.15) is 11.4 Å². The van der Waals surface area contributed by atoms with Crippen molar-refractivity contribution in [3.63, 3.8) is 0 Å². The van der Waals surface area contributed by atoms with Gasteiger partial charge in [-0.3, -0.25) is 4.68 Å². The molecular formula is C39H52N6O3S. The van der Waals surface area contributed by atoms with Crippen LogP contribution in [0.1, 0.15) is 80.7 Å². The summed E-state index contributed by atoms with van der Waals surface area (Å²) < 4.78 is 30.9. The Balaban J connectivity index is 1.35. The van der Waals surface area contributed by atoms with E-state index in [1.54, 1.807) is 7.11 Å². The third kappa shape index (κ3) is 9.03. The second kappa shape index (κ2) is 15.6. The molecule has 0 aliphatic carbocycles. The van der Waals surface area contributed by atoms with E-state index in [1.807, 2.05) is 18.2 Å². The zero-order chi connectivity index (χ0) is 34.5. The summed E-state index contributed by atoms with van der Waals surface area (Å²) in [5, 5.41) is 4.97. The van der Waals surface area contributed by atoms with E-state index in [4.69, 9.17) is 24.5 Å². The maximum atomic E-state index is 13.6. The van der Waals surface area contributed by atoms with Crippen molar-refractivity contribution < 1.29 is 14.0 Å². The lowest BCUT2D eigenvalue weighted by molar-refractivity contribution is 0.119. The molecule has 4 heterocycles. The summed E-state index contributed by atoms with van der Waals surface area (Å²) in [4.78, 5) is 12.8. The Kier molecular flexibility index (Phi) is 11.3. The minimum atomic E-state index is -1.54. The molecule has 6 rings (SSSR count). The highest BCUT2D eigenvalue weighted by Gasteiger charge is 2.31. The molecule has 0 amide bonds. The number of piperidine rings is 1. The smallest absolute Gasteiger partial charge is 0.269 e. The Labute approximate surface area is 295 Å². The van der Waals surface area contributed by atoms with Crippen LogP contribution in [0.2, 0.25) is 0 Å². The van der Waals surface area contributed by atoms with Gasteiger partial charge in [0.2, 0.25) is 5.88 Å². The van der Waals surface area contributed by atoms with Crippen molar-refractivity contribution in [2.45, 2.75) is 83.6 Å². The molecule has 9 nitrogen and oxygen atoms in total. The molecule has 0 saturated carbocycles. The highest BCUT2D eigenvalue weighted by Crippen LogP contribution is 2.39. The van der Waals surface area contributed by atoms with Crippen LogP contribution in [-0.2, 0) is 22.5 Å². The average molecular weight is 685 g/mol. The molecule has 1 N–H and O–H groups in total.